The largest absolute Gasteiger partial charge is 0.347 e. The van der Waals surface area contributed by atoms with Crippen molar-refractivity contribution in [2.75, 3.05) is 0 Å². The fraction of sp³-hybridized carbons (Fsp3) is 0.0909. The summed E-state index contributed by atoms with van der Waals surface area (Å²) in [5.41, 5.74) is 2.03. The molecule has 0 saturated heterocycles. The Morgan fingerprint density at radius 3 is 3.11 bits per heavy atom. The number of hydrogen-bond acceptors (Lipinski definition) is 4. The molecular weight excluding hydrogens is 232 g/mol. The van der Waals surface area contributed by atoms with E-state index in [0.29, 0.717) is 17.6 Å². The van der Waals surface area contributed by atoms with Crippen molar-refractivity contribution in [1.29, 1.82) is 0 Å². The number of aromatic nitrogens is 5. The zero-order chi connectivity index (χ0) is 12.4. The summed E-state index contributed by atoms with van der Waals surface area (Å²) >= 11 is 0. The van der Waals surface area contributed by atoms with E-state index in [1.807, 2.05) is 0 Å². The van der Waals surface area contributed by atoms with Crippen LogP contribution in [0.5, 0.6) is 0 Å². The lowest BCUT2D eigenvalue weighted by atomic mass is 10.2. The van der Waals surface area contributed by atoms with Crippen LogP contribution in [-0.4, -0.2) is 30.5 Å². The molecular formula is C11H10N6O. The van der Waals surface area contributed by atoms with E-state index in [4.69, 9.17) is 0 Å². The Bertz CT molecular complexity index is 672. The van der Waals surface area contributed by atoms with Crippen molar-refractivity contribution in [3.8, 4) is 0 Å². The minimum absolute atomic E-state index is 0.187. The van der Waals surface area contributed by atoms with Crippen LogP contribution < -0.4 is 5.32 Å². The normalized spacial score (nSPS) is 10.7. The minimum atomic E-state index is -0.187. The maximum atomic E-state index is 12.0. The minimum Gasteiger partial charge on any atom is -0.347 e. The number of nitrogens with zero attached hydrogens (tertiary/aromatic N) is 4. The number of aromatic amines is 1. The third-order valence-electron chi connectivity index (χ3n) is 2.56. The number of imidazole rings is 1. The van der Waals surface area contributed by atoms with Gasteiger partial charge in [0.1, 0.15) is 0 Å². The first-order valence-electron chi connectivity index (χ1n) is 5.37. The second kappa shape index (κ2) is 4.28. The Balaban J connectivity index is 1.80. The van der Waals surface area contributed by atoms with Crippen LogP contribution in [0.3, 0.4) is 0 Å². The second-order valence-electron chi connectivity index (χ2n) is 3.72. The van der Waals surface area contributed by atoms with Gasteiger partial charge >= 0.3 is 0 Å². The van der Waals surface area contributed by atoms with Crippen LogP contribution in [0, 0.1) is 0 Å². The Labute approximate surface area is 102 Å². The average Bonchev–Trinajstić information content (AvgIpc) is 3.05. The van der Waals surface area contributed by atoms with Gasteiger partial charge in [-0.05, 0) is 0 Å². The highest BCUT2D eigenvalue weighted by Gasteiger charge is 2.12. The molecule has 0 unspecified atom stereocenters. The molecule has 2 N–H and O–H groups in total. The Hall–Kier alpha value is -2.70. The predicted molar refractivity (Wildman–Crippen MR) is 62.7 cm³/mol. The lowest BCUT2D eigenvalue weighted by molar-refractivity contribution is 0.0952. The van der Waals surface area contributed by atoms with Gasteiger partial charge in [-0.2, -0.15) is 5.10 Å². The van der Waals surface area contributed by atoms with Crippen molar-refractivity contribution in [3.63, 3.8) is 0 Å². The van der Waals surface area contributed by atoms with E-state index in [9.17, 15) is 4.79 Å². The van der Waals surface area contributed by atoms with Crippen LogP contribution in [0.1, 0.15) is 16.1 Å². The second-order valence-corrected chi connectivity index (χ2v) is 3.72. The summed E-state index contributed by atoms with van der Waals surface area (Å²) in [4.78, 5) is 22.8. The fourth-order valence-corrected chi connectivity index (χ4v) is 1.66. The van der Waals surface area contributed by atoms with Gasteiger partial charge in [-0.15, -0.1) is 0 Å². The highest BCUT2D eigenvalue weighted by molar-refractivity contribution is 6.00. The molecule has 0 radical (unpaired) electrons. The number of hydrogen-bond donors (Lipinski definition) is 2. The molecule has 3 aromatic heterocycles. The van der Waals surface area contributed by atoms with Crippen LogP contribution in [0.4, 0.5) is 0 Å². The number of carbonyl (C=O) groups excluding carboxylic acids is 1. The van der Waals surface area contributed by atoms with Crippen molar-refractivity contribution >= 4 is 11.4 Å². The van der Waals surface area contributed by atoms with Gasteiger partial charge in [-0.25, -0.2) is 9.50 Å². The van der Waals surface area contributed by atoms with Gasteiger partial charge in [-0.3, -0.25) is 9.78 Å². The maximum absolute atomic E-state index is 12.0. The molecule has 18 heavy (non-hydrogen) atoms. The monoisotopic (exact) mass is 242 g/mol. The molecule has 0 fully saturated rings. The van der Waals surface area contributed by atoms with E-state index in [2.05, 4.69) is 25.4 Å². The number of rotatable bonds is 3. The van der Waals surface area contributed by atoms with Crippen LogP contribution in [0.15, 0.2) is 37.3 Å². The lowest BCUT2D eigenvalue weighted by Crippen LogP contribution is -2.22. The van der Waals surface area contributed by atoms with E-state index in [0.717, 1.165) is 5.69 Å². The first-order valence-corrected chi connectivity index (χ1v) is 5.37. The third kappa shape index (κ3) is 1.81. The zero-order valence-corrected chi connectivity index (χ0v) is 9.37. The Morgan fingerprint density at radius 2 is 2.28 bits per heavy atom. The topological polar surface area (TPSA) is 88.0 Å². The van der Waals surface area contributed by atoms with Gasteiger partial charge in [0.25, 0.3) is 5.91 Å². The van der Waals surface area contributed by atoms with Crippen molar-refractivity contribution in [2.24, 2.45) is 0 Å². The SMILES string of the molecule is O=C(NCc1cnc[nH]1)c1cnn2ccncc12. The number of carbonyl (C=O) groups is 1. The summed E-state index contributed by atoms with van der Waals surface area (Å²) in [6.07, 6.45) is 9.68. The van der Waals surface area contributed by atoms with Crippen molar-refractivity contribution < 1.29 is 4.79 Å². The molecule has 0 atom stereocenters. The molecule has 3 heterocycles. The number of amides is 1. The lowest BCUT2D eigenvalue weighted by Gasteiger charge is -2.01. The summed E-state index contributed by atoms with van der Waals surface area (Å²) in [7, 11) is 0. The molecule has 0 spiro atoms. The molecule has 90 valence electrons. The van der Waals surface area contributed by atoms with Gasteiger partial charge in [0.2, 0.25) is 0 Å². The summed E-state index contributed by atoms with van der Waals surface area (Å²) in [6.45, 7) is 0.399. The molecule has 3 rings (SSSR count). The molecule has 0 aliphatic carbocycles. The van der Waals surface area contributed by atoms with Crippen LogP contribution >= 0.6 is 0 Å². The summed E-state index contributed by atoms with van der Waals surface area (Å²) in [5.74, 6) is -0.187. The molecule has 0 saturated carbocycles. The van der Waals surface area contributed by atoms with Crippen molar-refractivity contribution in [3.05, 3.63) is 48.6 Å². The quantitative estimate of drug-likeness (QED) is 0.695. The number of nitrogens with one attached hydrogen (secondary N) is 2. The van der Waals surface area contributed by atoms with Gasteiger partial charge in [0.15, 0.2) is 0 Å². The first kappa shape index (κ1) is 10.5. The summed E-state index contributed by atoms with van der Waals surface area (Å²) in [6, 6.07) is 0. The first-order chi connectivity index (χ1) is 8.84. The Morgan fingerprint density at radius 1 is 1.33 bits per heavy atom. The van der Waals surface area contributed by atoms with Crippen LogP contribution in [0.2, 0.25) is 0 Å². The van der Waals surface area contributed by atoms with Gasteiger partial charge < -0.3 is 10.3 Å². The molecule has 0 aliphatic heterocycles. The maximum Gasteiger partial charge on any atom is 0.255 e. The van der Waals surface area contributed by atoms with E-state index in [1.165, 1.54) is 6.20 Å². The van der Waals surface area contributed by atoms with Crippen molar-refractivity contribution in [2.45, 2.75) is 6.54 Å². The molecule has 0 aliphatic rings. The molecule has 7 heteroatoms. The number of H-pyrrole nitrogens is 1. The smallest absolute Gasteiger partial charge is 0.255 e. The zero-order valence-electron chi connectivity index (χ0n) is 9.37. The molecule has 1 amide bonds. The highest BCUT2D eigenvalue weighted by atomic mass is 16.1. The summed E-state index contributed by atoms with van der Waals surface area (Å²) < 4.78 is 1.61. The third-order valence-corrected chi connectivity index (χ3v) is 2.56. The van der Waals surface area contributed by atoms with Gasteiger partial charge in [0.05, 0.1) is 42.0 Å². The summed E-state index contributed by atoms with van der Waals surface area (Å²) in [5, 5.41) is 6.87. The predicted octanol–water partition coefficient (Wildman–Crippen LogP) is 0.382. The molecule has 7 nitrogen and oxygen atoms in total. The van der Waals surface area contributed by atoms with E-state index in [1.54, 1.807) is 35.6 Å². The van der Waals surface area contributed by atoms with Gasteiger partial charge in [0, 0.05) is 18.6 Å². The average molecular weight is 242 g/mol. The van der Waals surface area contributed by atoms with E-state index in [-0.39, 0.29) is 5.91 Å². The Kier molecular flexibility index (Phi) is 2.49. The van der Waals surface area contributed by atoms with Crippen molar-refractivity contribution in [1.82, 2.24) is 29.9 Å². The fourth-order valence-electron chi connectivity index (χ4n) is 1.66. The van der Waals surface area contributed by atoms with Crippen LogP contribution in [0.25, 0.3) is 5.52 Å². The highest BCUT2D eigenvalue weighted by Crippen LogP contribution is 2.08. The molecule has 3 aromatic rings. The standard InChI is InChI=1S/C11H10N6O/c18-11(14-4-8-3-13-7-15-8)9-5-16-17-2-1-12-6-10(9)17/h1-3,5-7H,4H2,(H,13,15)(H,14,18). The van der Waals surface area contributed by atoms with Gasteiger partial charge in [-0.1, -0.05) is 0 Å². The van der Waals surface area contributed by atoms with E-state index < -0.39 is 0 Å². The van der Waals surface area contributed by atoms with E-state index >= 15 is 0 Å². The molecule has 0 aromatic carbocycles. The van der Waals surface area contributed by atoms with Crippen LogP contribution in [-0.2, 0) is 6.54 Å². The number of fused-ring (bicyclic) bond motifs is 1. The molecule has 0 bridgehead atoms.